The molecule has 33 heavy (non-hydrogen) atoms. The second-order valence-corrected chi connectivity index (χ2v) is 8.59. The van der Waals surface area contributed by atoms with Gasteiger partial charge in [0.1, 0.15) is 5.69 Å². The molecular formula is C27H26F2N4. The number of nitrogens with one attached hydrogen (secondary N) is 2. The zero-order valence-electron chi connectivity index (χ0n) is 18.5. The average molecular weight is 445 g/mol. The molecule has 168 valence electrons. The Morgan fingerprint density at radius 1 is 1.18 bits per heavy atom. The van der Waals surface area contributed by atoms with E-state index < -0.39 is 5.92 Å². The van der Waals surface area contributed by atoms with Crippen molar-refractivity contribution in [3.8, 4) is 11.4 Å². The van der Waals surface area contributed by atoms with Gasteiger partial charge in [-0.25, -0.2) is 8.78 Å². The van der Waals surface area contributed by atoms with Gasteiger partial charge in [0, 0.05) is 35.8 Å². The molecule has 0 unspecified atom stereocenters. The van der Waals surface area contributed by atoms with Crippen LogP contribution in [0.3, 0.4) is 0 Å². The Kier molecular flexibility index (Phi) is 5.46. The first-order chi connectivity index (χ1) is 16.0. The van der Waals surface area contributed by atoms with Crippen LogP contribution in [0.4, 0.5) is 8.78 Å². The van der Waals surface area contributed by atoms with Crippen molar-refractivity contribution in [2.75, 3.05) is 19.6 Å². The normalized spacial score (nSPS) is 17.3. The van der Waals surface area contributed by atoms with Crippen LogP contribution in [0.25, 0.3) is 38.8 Å². The van der Waals surface area contributed by atoms with Crippen molar-refractivity contribution >= 4 is 27.4 Å². The number of nitrogens with zero attached hydrogens (tertiary/aromatic N) is 2. The second kappa shape index (κ2) is 8.45. The zero-order valence-corrected chi connectivity index (χ0v) is 18.5. The zero-order chi connectivity index (χ0) is 23.0. The van der Waals surface area contributed by atoms with Crippen LogP contribution >= 0.6 is 0 Å². The molecule has 3 heterocycles. The lowest BCUT2D eigenvalue weighted by Crippen LogP contribution is -2.26. The van der Waals surface area contributed by atoms with Gasteiger partial charge in [0.15, 0.2) is 0 Å². The molecule has 6 heteroatoms. The molecule has 0 amide bonds. The molecule has 2 aromatic heterocycles. The van der Waals surface area contributed by atoms with Gasteiger partial charge in [0.2, 0.25) is 0 Å². The molecule has 2 aromatic carbocycles. The fourth-order valence-electron chi connectivity index (χ4n) is 4.50. The van der Waals surface area contributed by atoms with Crippen LogP contribution in [0.15, 0.2) is 78.9 Å². The van der Waals surface area contributed by atoms with Gasteiger partial charge in [-0.2, -0.15) is 5.10 Å². The van der Waals surface area contributed by atoms with E-state index in [9.17, 15) is 8.78 Å². The number of halogens is 2. The molecule has 1 saturated heterocycles. The van der Waals surface area contributed by atoms with E-state index in [-0.39, 0.29) is 13.0 Å². The van der Waals surface area contributed by atoms with Crippen LogP contribution < -0.4 is 0 Å². The Morgan fingerprint density at radius 3 is 2.76 bits per heavy atom. The summed E-state index contributed by atoms with van der Waals surface area (Å²) in [6.07, 6.45) is 5.74. The van der Waals surface area contributed by atoms with Crippen LogP contribution in [0.1, 0.15) is 18.9 Å². The van der Waals surface area contributed by atoms with Crippen molar-refractivity contribution < 1.29 is 8.78 Å². The van der Waals surface area contributed by atoms with Gasteiger partial charge in [0.05, 0.1) is 17.8 Å². The van der Waals surface area contributed by atoms with Crippen molar-refractivity contribution in [1.29, 1.82) is 0 Å². The first-order valence-corrected chi connectivity index (χ1v) is 11.1. The van der Waals surface area contributed by atoms with Crippen LogP contribution in [0.2, 0.25) is 0 Å². The number of H-pyrrole nitrogens is 2. The smallest absolute Gasteiger partial charge is 0.261 e. The minimum Gasteiger partial charge on any atom is -0.353 e. The average Bonchev–Trinajstić information content (AvgIpc) is 3.51. The highest BCUT2D eigenvalue weighted by Gasteiger charge is 2.37. The van der Waals surface area contributed by atoms with Gasteiger partial charge in [-0.05, 0) is 47.9 Å². The maximum absolute atomic E-state index is 13.6. The highest BCUT2D eigenvalue weighted by atomic mass is 19.3. The lowest BCUT2D eigenvalue weighted by atomic mass is 10.00. The van der Waals surface area contributed by atoms with Gasteiger partial charge >= 0.3 is 0 Å². The molecule has 1 aliphatic heterocycles. The lowest BCUT2D eigenvalue weighted by Gasteiger charge is -2.16. The number of fused-ring (bicyclic) bond motifs is 2. The van der Waals surface area contributed by atoms with Crippen molar-refractivity contribution in [3.05, 3.63) is 84.5 Å². The molecule has 0 bridgehead atoms. The molecule has 1 fully saturated rings. The maximum atomic E-state index is 13.6. The first-order valence-electron chi connectivity index (χ1n) is 11.1. The van der Waals surface area contributed by atoms with Crippen molar-refractivity contribution in [2.45, 2.75) is 19.3 Å². The molecular weight excluding hydrogens is 418 g/mol. The van der Waals surface area contributed by atoms with Gasteiger partial charge < -0.3 is 4.98 Å². The third-order valence-corrected chi connectivity index (χ3v) is 6.25. The minimum atomic E-state index is -2.60. The van der Waals surface area contributed by atoms with Crippen molar-refractivity contribution in [1.82, 2.24) is 20.1 Å². The molecule has 5 rings (SSSR count). The Bertz CT molecular complexity index is 1360. The number of hydrogen-bond donors (Lipinski definition) is 2. The standard InChI is InChI=1S/C27H26F2N4/c1-3-18(16-33-12-11-27(28,29)17-33)13-19(4-2)20-9-10-24-22(14-20)26(32-31-24)25-15-21-7-5-6-8-23(21)30-25/h3-10,13-15,30H,1,11-12,16-17H2,2H3,(H,31,32)/b18-13+,19-4+. The molecule has 0 radical (unpaired) electrons. The molecule has 0 aliphatic carbocycles. The summed E-state index contributed by atoms with van der Waals surface area (Å²) < 4.78 is 27.2. The fourth-order valence-corrected chi connectivity index (χ4v) is 4.50. The number of likely N-dealkylation sites (tertiary alicyclic amines) is 1. The van der Waals surface area contributed by atoms with Crippen LogP contribution in [0.5, 0.6) is 0 Å². The van der Waals surface area contributed by atoms with E-state index >= 15 is 0 Å². The highest BCUT2D eigenvalue weighted by Crippen LogP contribution is 2.32. The summed E-state index contributed by atoms with van der Waals surface area (Å²) in [7, 11) is 0. The van der Waals surface area contributed by atoms with E-state index in [1.165, 1.54) is 0 Å². The van der Waals surface area contributed by atoms with E-state index in [1.54, 1.807) is 11.0 Å². The van der Waals surface area contributed by atoms with Gasteiger partial charge in [-0.1, -0.05) is 49.1 Å². The Morgan fingerprint density at radius 2 is 2.03 bits per heavy atom. The van der Waals surface area contributed by atoms with Gasteiger partial charge in [-0.15, -0.1) is 0 Å². The Labute approximate surface area is 191 Å². The molecule has 0 atom stereocenters. The van der Waals surface area contributed by atoms with E-state index in [0.29, 0.717) is 13.1 Å². The summed E-state index contributed by atoms with van der Waals surface area (Å²) in [4.78, 5) is 5.24. The quantitative estimate of drug-likeness (QED) is 0.331. The molecule has 4 nitrogen and oxygen atoms in total. The molecule has 0 spiro atoms. The Balaban J connectivity index is 1.47. The maximum Gasteiger partial charge on any atom is 0.261 e. The van der Waals surface area contributed by atoms with Crippen molar-refractivity contribution in [3.63, 3.8) is 0 Å². The van der Waals surface area contributed by atoms with Crippen molar-refractivity contribution in [2.24, 2.45) is 0 Å². The van der Waals surface area contributed by atoms with E-state index in [0.717, 1.165) is 49.9 Å². The Hall–Kier alpha value is -3.51. The SMILES string of the molecule is C=C/C(=C\C(=C/C)c1ccc2[nH]nc(-c3cc4ccccc4[nH]3)c2c1)CN1CCC(F)(F)C1. The molecule has 0 saturated carbocycles. The summed E-state index contributed by atoms with van der Waals surface area (Å²) in [5.41, 5.74) is 6.82. The van der Waals surface area contributed by atoms with Crippen LogP contribution in [-0.4, -0.2) is 45.6 Å². The second-order valence-electron chi connectivity index (χ2n) is 8.59. The number of rotatable bonds is 6. The third-order valence-electron chi connectivity index (χ3n) is 6.25. The first kappa shape index (κ1) is 21.3. The van der Waals surface area contributed by atoms with E-state index in [1.807, 2.05) is 43.3 Å². The number of para-hydroxylation sites is 1. The summed E-state index contributed by atoms with van der Waals surface area (Å²) >= 11 is 0. The summed E-state index contributed by atoms with van der Waals surface area (Å²) in [6.45, 7) is 6.56. The fraction of sp³-hybridized carbons (Fsp3) is 0.222. The number of hydrogen-bond acceptors (Lipinski definition) is 2. The van der Waals surface area contributed by atoms with Crippen LogP contribution in [-0.2, 0) is 0 Å². The third kappa shape index (κ3) is 4.26. The number of aromatic amines is 2. The monoisotopic (exact) mass is 444 g/mol. The largest absolute Gasteiger partial charge is 0.353 e. The van der Waals surface area contributed by atoms with E-state index in [4.69, 9.17) is 0 Å². The lowest BCUT2D eigenvalue weighted by molar-refractivity contribution is 0.0131. The number of alkyl halides is 2. The van der Waals surface area contributed by atoms with E-state index in [2.05, 4.69) is 46.0 Å². The number of benzene rings is 2. The van der Waals surface area contributed by atoms with Gasteiger partial charge in [-0.3, -0.25) is 10.00 Å². The molecule has 1 aliphatic rings. The number of allylic oxidation sites excluding steroid dienone is 3. The highest BCUT2D eigenvalue weighted by molar-refractivity contribution is 5.97. The van der Waals surface area contributed by atoms with Gasteiger partial charge in [0.25, 0.3) is 5.92 Å². The number of aromatic nitrogens is 3. The van der Waals surface area contributed by atoms with Crippen LogP contribution in [0, 0.1) is 0 Å². The predicted octanol–water partition coefficient (Wildman–Crippen LogP) is 6.57. The topological polar surface area (TPSA) is 47.7 Å². The minimum absolute atomic E-state index is 0.0818. The predicted molar refractivity (Wildman–Crippen MR) is 131 cm³/mol. The molecule has 2 N–H and O–H groups in total. The summed E-state index contributed by atoms with van der Waals surface area (Å²) in [6, 6.07) is 16.5. The molecule has 4 aromatic rings. The summed E-state index contributed by atoms with van der Waals surface area (Å²) in [5, 5.41) is 9.84. The summed E-state index contributed by atoms with van der Waals surface area (Å²) in [5.74, 6) is -2.60.